The fourth-order valence-corrected chi connectivity index (χ4v) is 2.00. The molecule has 2 rings (SSSR count). The summed E-state index contributed by atoms with van der Waals surface area (Å²) in [5.74, 6) is 1.26. The molecule has 0 amide bonds. The van der Waals surface area contributed by atoms with Crippen LogP contribution < -0.4 is 5.32 Å². The first-order valence-corrected chi connectivity index (χ1v) is 6.30. The van der Waals surface area contributed by atoms with E-state index in [2.05, 4.69) is 22.4 Å². The number of nitrogens with zero attached hydrogens (tertiary/aromatic N) is 2. The molecule has 0 aliphatic carbocycles. The fraction of sp³-hybridized carbons (Fsp3) is 0.455. The maximum Gasteiger partial charge on any atom is 0.257 e. The van der Waals surface area contributed by atoms with E-state index in [9.17, 15) is 0 Å². The second kappa shape index (κ2) is 5.23. The van der Waals surface area contributed by atoms with E-state index in [1.165, 1.54) is 0 Å². The van der Waals surface area contributed by atoms with Crippen molar-refractivity contribution < 1.29 is 4.42 Å². The Hall–Kier alpha value is -1.20. The zero-order valence-electron chi connectivity index (χ0n) is 9.43. The highest BCUT2D eigenvalue weighted by molar-refractivity contribution is 7.13. The van der Waals surface area contributed by atoms with Crippen LogP contribution >= 0.6 is 11.3 Å². The Labute approximate surface area is 98.7 Å². The molecular formula is C11H15N3OS. The molecule has 5 heteroatoms. The van der Waals surface area contributed by atoms with E-state index < -0.39 is 0 Å². The van der Waals surface area contributed by atoms with Gasteiger partial charge in [0, 0.05) is 0 Å². The van der Waals surface area contributed by atoms with Crippen LogP contribution in [-0.2, 0) is 0 Å². The maximum atomic E-state index is 5.61. The molecule has 0 radical (unpaired) electrons. The van der Waals surface area contributed by atoms with Crippen LogP contribution in [0.5, 0.6) is 0 Å². The Morgan fingerprint density at radius 1 is 1.50 bits per heavy atom. The summed E-state index contributed by atoms with van der Waals surface area (Å²) in [5.41, 5.74) is 0. The van der Waals surface area contributed by atoms with Gasteiger partial charge in [0.15, 0.2) is 0 Å². The quantitative estimate of drug-likeness (QED) is 0.868. The zero-order valence-corrected chi connectivity index (χ0v) is 10.3. The minimum atomic E-state index is 0.112. The molecule has 0 spiro atoms. The minimum Gasteiger partial charge on any atom is -0.418 e. The van der Waals surface area contributed by atoms with Crippen molar-refractivity contribution in [1.82, 2.24) is 15.5 Å². The number of nitrogens with one attached hydrogen (secondary N) is 1. The molecule has 2 heterocycles. The molecule has 86 valence electrons. The molecule has 0 aromatic carbocycles. The van der Waals surface area contributed by atoms with Crippen LogP contribution in [-0.4, -0.2) is 16.7 Å². The van der Waals surface area contributed by atoms with Gasteiger partial charge in [-0.3, -0.25) is 0 Å². The largest absolute Gasteiger partial charge is 0.418 e. The third kappa shape index (κ3) is 2.48. The van der Waals surface area contributed by atoms with E-state index >= 15 is 0 Å². The fourth-order valence-electron chi connectivity index (χ4n) is 1.36. The average molecular weight is 237 g/mol. The lowest BCUT2D eigenvalue weighted by Gasteiger charge is -2.07. The highest BCUT2D eigenvalue weighted by Crippen LogP contribution is 2.24. The molecule has 0 saturated heterocycles. The third-order valence-corrected chi connectivity index (χ3v) is 3.10. The van der Waals surface area contributed by atoms with Gasteiger partial charge in [0.05, 0.1) is 10.9 Å². The van der Waals surface area contributed by atoms with Crippen molar-refractivity contribution in [3.8, 4) is 10.8 Å². The van der Waals surface area contributed by atoms with E-state index in [1.807, 2.05) is 24.4 Å². The van der Waals surface area contributed by atoms with Crippen molar-refractivity contribution >= 4 is 11.3 Å². The van der Waals surface area contributed by atoms with Crippen LogP contribution in [0.4, 0.5) is 0 Å². The summed E-state index contributed by atoms with van der Waals surface area (Å²) < 4.78 is 5.61. The van der Waals surface area contributed by atoms with Gasteiger partial charge in [-0.05, 0) is 31.3 Å². The predicted octanol–water partition coefficient (Wildman–Crippen LogP) is 2.86. The molecule has 0 bridgehead atoms. The van der Waals surface area contributed by atoms with Gasteiger partial charge in [-0.15, -0.1) is 21.5 Å². The van der Waals surface area contributed by atoms with E-state index in [1.54, 1.807) is 11.3 Å². The second-order valence-corrected chi connectivity index (χ2v) is 4.55. The van der Waals surface area contributed by atoms with Gasteiger partial charge < -0.3 is 9.73 Å². The van der Waals surface area contributed by atoms with Crippen molar-refractivity contribution in [3.05, 3.63) is 23.4 Å². The predicted molar refractivity (Wildman–Crippen MR) is 64.3 cm³/mol. The summed E-state index contributed by atoms with van der Waals surface area (Å²) >= 11 is 1.60. The number of hydrogen-bond acceptors (Lipinski definition) is 5. The number of hydrogen-bond donors (Lipinski definition) is 1. The summed E-state index contributed by atoms with van der Waals surface area (Å²) in [6.45, 7) is 5.11. The van der Waals surface area contributed by atoms with E-state index in [0.29, 0.717) is 11.8 Å². The number of rotatable bonds is 5. The molecule has 1 N–H and O–H groups in total. The van der Waals surface area contributed by atoms with Crippen LogP contribution in [0.1, 0.15) is 32.2 Å². The topological polar surface area (TPSA) is 51.0 Å². The summed E-state index contributed by atoms with van der Waals surface area (Å²) in [6.07, 6.45) is 1.09. The summed E-state index contributed by atoms with van der Waals surface area (Å²) in [7, 11) is 0. The van der Waals surface area contributed by atoms with E-state index in [4.69, 9.17) is 4.42 Å². The van der Waals surface area contributed by atoms with Gasteiger partial charge in [0.2, 0.25) is 5.89 Å². The van der Waals surface area contributed by atoms with Gasteiger partial charge in [-0.1, -0.05) is 13.0 Å². The maximum absolute atomic E-state index is 5.61. The molecule has 0 aliphatic rings. The summed E-state index contributed by atoms with van der Waals surface area (Å²) in [4.78, 5) is 1.02. The lowest BCUT2D eigenvalue weighted by atomic mass is 10.3. The number of aromatic nitrogens is 2. The Balaban J connectivity index is 2.07. The normalized spacial score (nSPS) is 12.9. The average Bonchev–Trinajstić information content (AvgIpc) is 2.94. The molecule has 2 aromatic rings. The van der Waals surface area contributed by atoms with Crippen molar-refractivity contribution in [2.75, 3.05) is 6.54 Å². The Bertz CT molecular complexity index is 424. The molecule has 16 heavy (non-hydrogen) atoms. The summed E-state index contributed by atoms with van der Waals surface area (Å²) in [5, 5.41) is 13.4. The minimum absolute atomic E-state index is 0.112. The van der Waals surface area contributed by atoms with E-state index in [0.717, 1.165) is 17.8 Å². The zero-order chi connectivity index (χ0) is 11.4. The first-order valence-electron chi connectivity index (χ1n) is 5.42. The van der Waals surface area contributed by atoms with Crippen molar-refractivity contribution in [1.29, 1.82) is 0 Å². The molecule has 0 aliphatic heterocycles. The molecule has 1 unspecified atom stereocenters. The van der Waals surface area contributed by atoms with Gasteiger partial charge in [0.1, 0.15) is 0 Å². The van der Waals surface area contributed by atoms with Crippen molar-refractivity contribution in [2.45, 2.75) is 26.3 Å². The van der Waals surface area contributed by atoms with Crippen LogP contribution in [0.3, 0.4) is 0 Å². The first-order chi connectivity index (χ1) is 7.81. The Morgan fingerprint density at radius 3 is 3.06 bits per heavy atom. The van der Waals surface area contributed by atoms with E-state index in [-0.39, 0.29) is 6.04 Å². The van der Waals surface area contributed by atoms with Gasteiger partial charge in [-0.25, -0.2) is 0 Å². The second-order valence-electron chi connectivity index (χ2n) is 3.60. The van der Waals surface area contributed by atoms with Gasteiger partial charge >= 0.3 is 0 Å². The molecule has 2 aromatic heterocycles. The molecule has 0 saturated carbocycles. The van der Waals surface area contributed by atoms with Crippen LogP contribution in [0.2, 0.25) is 0 Å². The van der Waals surface area contributed by atoms with Crippen molar-refractivity contribution in [3.63, 3.8) is 0 Å². The number of thiophene rings is 1. The Kier molecular flexibility index (Phi) is 3.69. The van der Waals surface area contributed by atoms with Crippen LogP contribution in [0.15, 0.2) is 21.9 Å². The monoisotopic (exact) mass is 237 g/mol. The standard InChI is InChI=1S/C11H15N3OS/c1-3-6-12-8(2)10-13-14-11(15-10)9-5-4-7-16-9/h4-5,7-8,12H,3,6H2,1-2H3. The molecule has 4 nitrogen and oxygen atoms in total. The molecule has 1 atom stereocenters. The van der Waals surface area contributed by atoms with Crippen molar-refractivity contribution in [2.24, 2.45) is 0 Å². The van der Waals surface area contributed by atoms with Gasteiger partial charge in [-0.2, -0.15) is 0 Å². The highest BCUT2D eigenvalue weighted by atomic mass is 32.1. The smallest absolute Gasteiger partial charge is 0.257 e. The van der Waals surface area contributed by atoms with Crippen LogP contribution in [0.25, 0.3) is 10.8 Å². The molecular weight excluding hydrogens is 222 g/mol. The van der Waals surface area contributed by atoms with Gasteiger partial charge in [0.25, 0.3) is 5.89 Å². The third-order valence-electron chi connectivity index (χ3n) is 2.24. The highest BCUT2D eigenvalue weighted by Gasteiger charge is 2.14. The summed E-state index contributed by atoms with van der Waals surface area (Å²) in [6, 6.07) is 4.07. The first kappa shape index (κ1) is 11.3. The lowest BCUT2D eigenvalue weighted by Crippen LogP contribution is -2.19. The van der Waals surface area contributed by atoms with Crippen LogP contribution in [0, 0.1) is 0 Å². The SMILES string of the molecule is CCCNC(C)c1nnc(-c2cccs2)o1. The molecule has 0 fully saturated rings. The lowest BCUT2D eigenvalue weighted by molar-refractivity contribution is 0.423. The Morgan fingerprint density at radius 2 is 2.38 bits per heavy atom.